The number of aliphatic hydroxyl groups excluding tert-OH is 3. The van der Waals surface area contributed by atoms with E-state index in [1.54, 1.807) is 20.8 Å². The summed E-state index contributed by atoms with van der Waals surface area (Å²) in [5.41, 5.74) is 0. The number of halogens is 3. The van der Waals surface area contributed by atoms with Crippen molar-refractivity contribution >= 4 is 37.2 Å². The Morgan fingerprint density at radius 3 is 0.615 bits per heavy atom. The van der Waals surface area contributed by atoms with Gasteiger partial charge in [-0.15, -0.1) is 37.2 Å². The van der Waals surface area contributed by atoms with Gasteiger partial charge in [-0.1, -0.05) is 0 Å². The van der Waals surface area contributed by atoms with Crippen molar-refractivity contribution in [3.8, 4) is 0 Å². The summed E-state index contributed by atoms with van der Waals surface area (Å²) in [4.78, 5) is 0. The third-order valence-electron chi connectivity index (χ3n) is 0. The van der Waals surface area contributed by atoms with E-state index in [-0.39, 0.29) is 78.1 Å². The summed E-state index contributed by atoms with van der Waals surface area (Å²) in [6.45, 7) is 5.79. The van der Waals surface area contributed by atoms with Gasteiger partial charge in [0.1, 0.15) is 0 Å². The third-order valence-corrected chi connectivity index (χ3v) is 0. The molecule has 0 saturated carbocycles. The SMILES string of the molecule is CCO.CCO.CCO.Cl.Cl.Cl.[W]. The van der Waals surface area contributed by atoms with Crippen LogP contribution in [0.15, 0.2) is 0 Å². The van der Waals surface area contributed by atoms with E-state index in [4.69, 9.17) is 15.3 Å². The molecule has 13 heavy (non-hydrogen) atoms. The van der Waals surface area contributed by atoms with Gasteiger partial charge >= 0.3 is 0 Å². The van der Waals surface area contributed by atoms with E-state index in [1.807, 2.05) is 0 Å². The second kappa shape index (κ2) is 106. The number of aliphatic hydroxyl groups is 3. The Morgan fingerprint density at radius 2 is 0.615 bits per heavy atom. The first kappa shape index (κ1) is 47.1. The molecule has 0 aliphatic heterocycles. The van der Waals surface area contributed by atoms with Gasteiger partial charge in [0.2, 0.25) is 0 Å². The summed E-state index contributed by atoms with van der Waals surface area (Å²) in [7, 11) is 0. The van der Waals surface area contributed by atoms with Crippen molar-refractivity contribution in [2.45, 2.75) is 20.8 Å². The molecule has 3 N–H and O–H groups in total. The van der Waals surface area contributed by atoms with Crippen LogP contribution in [0.1, 0.15) is 20.8 Å². The first-order valence-electron chi connectivity index (χ1n) is 3.07. The minimum atomic E-state index is 0. The van der Waals surface area contributed by atoms with E-state index in [9.17, 15) is 0 Å². The molecule has 90 valence electrons. The molecule has 0 spiro atoms. The molecule has 7 heteroatoms. The largest absolute Gasteiger partial charge is 0.397 e. The van der Waals surface area contributed by atoms with Gasteiger partial charge in [-0.25, -0.2) is 0 Å². The van der Waals surface area contributed by atoms with Crippen LogP contribution in [0.2, 0.25) is 0 Å². The van der Waals surface area contributed by atoms with Crippen molar-refractivity contribution in [3.05, 3.63) is 0 Å². The maximum absolute atomic E-state index is 7.57. The Labute approximate surface area is 114 Å². The number of hydrogen-bond acceptors (Lipinski definition) is 3. The molecule has 0 bridgehead atoms. The average Bonchev–Trinajstić information content (AvgIpc) is 1.70. The molecule has 3 nitrogen and oxygen atoms in total. The average molecular weight is 431 g/mol. The molecule has 0 amide bonds. The Bertz CT molecular complexity index is 27.8. The van der Waals surface area contributed by atoms with Crippen LogP contribution in [0, 0.1) is 0 Å². The minimum Gasteiger partial charge on any atom is -0.397 e. The third kappa shape index (κ3) is 850. The molecule has 0 aromatic rings. The number of rotatable bonds is 0. The summed E-state index contributed by atoms with van der Waals surface area (Å²) in [5, 5.41) is 22.7. The Balaban J connectivity index is -0.00000000720. The predicted molar refractivity (Wildman–Crippen MR) is 60.0 cm³/mol. The Hall–Kier alpha value is 1.44. The maximum atomic E-state index is 7.57. The fourth-order valence-corrected chi connectivity index (χ4v) is 0. The molecule has 0 aliphatic carbocycles. The molecular weight excluding hydrogens is 410 g/mol. The maximum Gasteiger partial charge on any atom is 0.0402 e. The van der Waals surface area contributed by atoms with E-state index in [2.05, 4.69) is 0 Å². The normalized spacial score (nSPS) is 4.15. The molecule has 0 aromatic heterocycles. The standard InChI is InChI=1S/3C2H6O.3ClH.W/c3*1-2-3;;;;/h3*3H,2H2,1H3;3*1H;. The van der Waals surface area contributed by atoms with E-state index >= 15 is 0 Å². The van der Waals surface area contributed by atoms with E-state index in [0.717, 1.165) is 0 Å². The molecule has 0 aromatic carbocycles. The van der Waals surface area contributed by atoms with Gasteiger partial charge in [0.15, 0.2) is 0 Å². The molecule has 0 aliphatic rings. The first-order chi connectivity index (χ1) is 4.24. The monoisotopic (exact) mass is 430 g/mol. The topological polar surface area (TPSA) is 60.7 Å². The zero-order valence-corrected chi connectivity index (χ0v) is 13.5. The molecule has 0 radical (unpaired) electrons. The van der Waals surface area contributed by atoms with Crippen molar-refractivity contribution < 1.29 is 36.4 Å². The second-order valence-electron chi connectivity index (χ2n) is 0.949. The van der Waals surface area contributed by atoms with Crippen LogP contribution in [0.3, 0.4) is 0 Å². The molecule has 0 fully saturated rings. The fourth-order valence-electron chi connectivity index (χ4n) is 0. The van der Waals surface area contributed by atoms with E-state index in [1.165, 1.54) is 0 Å². The van der Waals surface area contributed by atoms with Gasteiger partial charge in [0.25, 0.3) is 0 Å². The molecule has 0 unspecified atom stereocenters. The van der Waals surface area contributed by atoms with E-state index < -0.39 is 0 Å². The Morgan fingerprint density at radius 1 is 0.615 bits per heavy atom. The summed E-state index contributed by atoms with van der Waals surface area (Å²) < 4.78 is 0. The van der Waals surface area contributed by atoms with Gasteiger partial charge in [0.05, 0.1) is 0 Å². The van der Waals surface area contributed by atoms with Gasteiger partial charge in [-0.2, -0.15) is 0 Å². The van der Waals surface area contributed by atoms with Gasteiger partial charge < -0.3 is 15.3 Å². The van der Waals surface area contributed by atoms with Gasteiger partial charge in [-0.3, -0.25) is 0 Å². The van der Waals surface area contributed by atoms with Crippen LogP contribution >= 0.6 is 37.2 Å². The van der Waals surface area contributed by atoms with Crippen LogP contribution in [-0.4, -0.2) is 35.1 Å². The zero-order chi connectivity index (χ0) is 8.12. The molecule has 0 atom stereocenters. The van der Waals surface area contributed by atoms with Crippen molar-refractivity contribution in [1.82, 2.24) is 0 Å². The van der Waals surface area contributed by atoms with E-state index in [0.29, 0.717) is 0 Å². The van der Waals surface area contributed by atoms with Crippen LogP contribution in [0.25, 0.3) is 0 Å². The molecule has 0 saturated heterocycles. The van der Waals surface area contributed by atoms with Crippen molar-refractivity contribution in [3.63, 3.8) is 0 Å². The Kier molecular flexibility index (Phi) is 383. The first-order valence-corrected chi connectivity index (χ1v) is 3.07. The van der Waals surface area contributed by atoms with Crippen LogP contribution in [-0.2, 0) is 21.1 Å². The van der Waals surface area contributed by atoms with Crippen LogP contribution in [0.4, 0.5) is 0 Å². The quantitative estimate of drug-likeness (QED) is 0.541. The molecule has 0 heterocycles. The van der Waals surface area contributed by atoms with Gasteiger partial charge in [0, 0.05) is 40.9 Å². The molecular formula is C6H21Cl3O3W. The van der Waals surface area contributed by atoms with Crippen molar-refractivity contribution in [2.24, 2.45) is 0 Å². The van der Waals surface area contributed by atoms with Crippen molar-refractivity contribution in [1.29, 1.82) is 0 Å². The molecule has 0 rings (SSSR count). The van der Waals surface area contributed by atoms with Crippen LogP contribution < -0.4 is 0 Å². The fraction of sp³-hybridized carbons (Fsp3) is 1.00. The smallest absolute Gasteiger partial charge is 0.0402 e. The zero-order valence-electron chi connectivity index (χ0n) is 8.10. The minimum absolute atomic E-state index is 0. The second-order valence-corrected chi connectivity index (χ2v) is 0.949. The summed E-state index contributed by atoms with van der Waals surface area (Å²) in [6, 6.07) is 0. The van der Waals surface area contributed by atoms with Crippen LogP contribution in [0.5, 0.6) is 0 Å². The number of hydrogen-bond donors (Lipinski definition) is 3. The van der Waals surface area contributed by atoms with Gasteiger partial charge in [-0.05, 0) is 20.8 Å². The predicted octanol–water partition coefficient (Wildman–Crippen LogP) is 1.26. The summed E-state index contributed by atoms with van der Waals surface area (Å²) in [6.07, 6.45) is 0. The summed E-state index contributed by atoms with van der Waals surface area (Å²) >= 11 is 0. The summed E-state index contributed by atoms with van der Waals surface area (Å²) in [5.74, 6) is 0. The van der Waals surface area contributed by atoms with Crippen molar-refractivity contribution in [2.75, 3.05) is 19.8 Å².